The number of rotatable bonds is 0. The van der Waals surface area contributed by atoms with E-state index in [9.17, 15) is 0 Å². The fraction of sp³-hybridized carbons (Fsp3) is 0.500. The average Bonchev–Trinajstić information content (AvgIpc) is 1.63. The number of aliphatic imine (C=N–C) groups is 1. The Morgan fingerprint density at radius 1 is 1.40 bits per heavy atom. The molecule has 6 heteroatoms. The van der Waals surface area contributed by atoms with Gasteiger partial charge in [-0.15, -0.1) is 0 Å². The fourth-order valence-corrected chi connectivity index (χ4v) is 0.223. The molecular formula is C4H11N5Zn. The van der Waals surface area contributed by atoms with Crippen molar-refractivity contribution in [3.63, 3.8) is 0 Å². The molecule has 54 valence electrons. The Kier molecular flexibility index (Phi) is 6.25. The molecule has 0 radical (unpaired) electrons. The van der Waals surface area contributed by atoms with Crippen LogP contribution in [0.2, 0.25) is 0 Å². The zero-order chi connectivity index (χ0) is 7.44. The molecule has 0 aliphatic carbocycles. The second-order valence-corrected chi connectivity index (χ2v) is 1.75. The molecule has 0 aromatic rings. The van der Waals surface area contributed by atoms with Gasteiger partial charge in [-0.25, -0.2) is 0 Å². The topological polar surface area (TPSA) is 91.5 Å². The van der Waals surface area contributed by atoms with E-state index in [2.05, 4.69) is 4.99 Å². The van der Waals surface area contributed by atoms with Gasteiger partial charge in [-0.2, -0.15) is 4.99 Å². The maximum absolute atomic E-state index is 6.70. The van der Waals surface area contributed by atoms with E-state index in [1.54, 1.807) is 19.0 Å². The molecule has 0 fully saturated rings. The van der Waals surface area contributed by atoms with Crippen molar-refractivity contribution >= 4 is 11.9 Å². The molecule has 0 aliphatic rings. The standard InChI is InChI=1S/C4H11N5.Zn/c1-9(2)4(7)8-3(5)6;/h1-2H3,(H5,5,6,7,8);. The zero-order valence-electron chi connectivity index (χ0n) is 6.26. The van der Waals surface area contributed by atoms with Gasteiger partial charge in [0, 0.05) is 33.6 Å². The van der Waals surface area contributed by atoms with Gasteiger partial charge in [-0.3, -0.25) is 5.41 Å². The van der Waals surface area contributed by atoms with Gasteiger partial charge in [0.2, 0.25) is 5.96 Å². The van der Waals surface area contributed by atoms with Gasteiger partial charge >= 0.3 is 0 Å². The van der Waals surface area contributed by atoms with Crippen LogP contribution in [0.4, 0.5) is 0 Å². The predicted octanol–water partition coefficient (Wildman–Crippen LogP) is -1.25. The molecule has 0 heterocycles. The minimum absolute atomic E-state index is 0. The Balaban J connectivity index is 0. The summed E-state index contributed by atoms with van der Waals surface area (Å²) in [5, 5.41) is 6.70. The van der Waals surface area contributed by atoms with E-state index >= 15 is 0 Å². The van der Waals surface area contributed by atoms with Gasteiger partial charge in [0.25, 0.3) is 0 Å². The maximum Gasteiger partial charge on any atom is 0.215 e. The number of nitrogens with one attached hydrogen (secondary N) is 1. The SMILES string of the molecule is CN(C)C(N)=NC(=N)N.[Zn]. The Hall–Kier alpha value is -0.637. The normalized spacial score (nSPS) is 10.0. The minimum Gasteiger partial charge on any atom is -0.369 e. The molecule has 0 rings (SSSR count). The summed E-state index contributed by atoms with van der Waals surface area (Å²) in [4.78, 5) is 5.03. The third kappa shape index (κ3) is 5.50. The smallest absolute Gasteiger partial charge is 0.215 e. The number of hydrogen-bond acceptors (Lipinski definition) is 1. The third-order valence-electron chi connectivity index (χ3n) is 0.693. The van der Waals surface area contributed by atoms with Crippen LogP contribution in [-0.4, -0.2) is 30.9 Å². The fourth-order valence-electron chi connectivity index (χ4n) is 0.223. The van der Waals surface area contributed by atoms with E-state index in [0.717, 1.165) is 0 Å². The summed E-state index contributed by atoms with van der Waals surface area (Å²) in [5.41, 5.74) is 10.2. The van der Waals surface area contributed by atoms with Gasteiger partial charge in [-0.1, -0.05) is 0 Å². The summed E-state index contributed by atoms with van der Waals surface area (Å²) < 4.78 is 0. The molecule has 5 N–H and O–H groups in total. The van der Waals surface area contributed by atoms with Crippen LogP contribution >= 0.6 is 0 Å². The second kappa shape index (κ2) is 5.17. The van der Waals surface area contributed by atoms with E-state index in [1.165, 1.54) is 0 Å². The van der Waals surface area contributed by atoms with Crippen molar-refractivity contribution in [2.24, 2.45) is 16.5 Å². The summed E-state index contributed by atoms with van der Waals surface area (Å²) in [6.07, 6.45) is 0. The van der Waals surface area contributed by atoms with E-state index < -0.39 is 0 Å². The summed E-state index contributed by atoms with van der Waals surface area (Å²) >= 11 is 0. The first-order chi connectivity index (χ1) is 4.04. The molecule has 0 spiro atoms. The molecule has 0 aromatic carbocycles. The molecule has 0 unspecified atom stereocenters. The number of hydrogen-bond donors (Lipinski definition) is 3. The number of nitrogens with two attached hydrogens (primary N) is 2. The quantitative estimate of drug-likeness (QED) is 0.256. The van der Waals surface area contributed by atoms with Crippen LogP contribution in [0.15, 0.2) is 4.99 Å². The van der Waals surface area contributed by atoms with Crippen LogP contribution in [0.3, 0.4) is 0 Å². The zero-order valence-corrected chi connectivity index (χ0v) is 9.22. The first-order valence-electron chi connectivity index (χ1n) is 2.39. The Morgan fingerprint density at radius 2 is 1.80 bits per heavy atom. The number of guanidine groups is 2. The monoisotopic (exact) mass is 193 g/mol. The minimum atomic E-state index is -0.277. The Labute approximate surface area is 72.7 Å². The Morgan fingerprint density at radius 3 is 1.90 bits per heavy atom. The van der Waals surface area contributed by atoms with Crippen molar-refractivity contribution in [3.8, 4) is 0 Å². The predicted molar refractivity (Wildman–Crippen MR) is 37.2 cm³/mol. The summed E-state index contributed by atoms with van der Waals surface area (Å²) in [6.45, 7) is 0. The van der Waals surface area contributed by atoms with Crippen molar-refractivity contribution in [2.75, 3.05) is 14.1 Å². The largest absolute Gasteiger partial charge is 0.369 e. The maximum atomic E-state index is 6.70. The van der Waals surface area contributed by atoms with Crippen LogP contribution in [0.5, 0.6) is 0 Å². The molecule has 0 aliphatic heterocycles. The van der Waals surface area contributed by atoms with Gasteiger partial charge in [0.1, 0.15) is 0 Å². The van der Waals surface area contributed by atoms with Gasteiger partial charge < -0.3 is 16.4 Å². The average molecular weight is 195 g/mol. The van der Waals surface area contributed by atoms with Crippen LogP contribution < -0.4 is 11.5 Å². The molecule has 10 heavy (non-hydrogen) atoms. The van der Waals surface area contributed by atoms with Gasteiger partial charge in [0.15, 0.2) is 5.96 Å². The van der Waals surface area contributed by atoms with Gasteiger partial charge in [0.05, 0.1) is 0 Å². The Bertz CT molecular complexity index is 141. The van der Waals surface area contributed by atoms with E-state index in [-0.39, 0.29) is 31.4 Å². The molecule has 0 bridgehead atoms. The number of nitrogens with zero attached hydrogens (tertiary/aromatic N) is 2. The summed E-state index contributed by atoms with van der Waals surface area (Å²) in [7, 11) is 3.45. The van der Waals surface area contributed by atoms with Crippen molar-refractivity contribution in [2.45, 2.75) is 0 Å². The summed E-state index contributed by atoms with van der Waals surface area (Å²) in [5.74, 6) is -0.0382. The van der Waals surface area contributed by atoms with E-state index in [1.807, 2.05) is 0 Å². The van der Waals surface area contributed by atoms with E-state index in [0.29, 0.717) is 0 Å². The molecule has 0 saturated heterocycles. The first-order valence-corrected chi connectivity index (χ1v) is 2.39. The second-order valence-electron chi connectivity index (χ2n) is 1.75. The molecule has 0 amide bonds. The van der Waals surface area contributed by atoms with Crippen molar-refractivity contribution in [3.05, 3.63) is 0 Å². The van der Waals surface area contributed by atoms with Crippen LogP contribution in [0.1, 0.15) is 0 Å². The molecule has 0 aromatic heterocycles. The summed E-state index contributed by atoms with van der Waals surface area (Å²) in [6, 6.07) is 0. The molecule has 0 saturated carbocycles. The van der Waals surface area contributed by atoms with Crippen LogP contribution in [0, 0.1) is 5.41 Å². The van der Waals surface area contributed by atoms with Gasteiger partial charge in [-0.05, 0) is 0 Å². The van der Waals surface area contributed by atoms with Crippen molar-refractivity contribution < 1.29 is 19.5 Å². The molecular weight excluding hydrogens is 183 g/mol. The molecule has 0 atom stereocenters. The van der Waals surface area contributed by atoms with Crippen molar-refractivity contribution in [1.29, 1.82) is 5.41 Å². The van der Waals surface area contributed by atoms with E-state index in [4.69, 9.17) is 16.9 Å². The van der Waals surface area contributed by atoms with Crippen molar-refractivity contribution in [1.82, 2.24) is 4.90 Å². The van der Waals surface area contributed by atoms with Crippen LogP contribution in [-0.2, 0) is 19.5 Å². The first kappa shape index (κ1) is 12.1. The molecule has 5 nitrogen and oxygen atoms in total. The van der Waals surface area contributed by atoms with Crippen LogP contribution in [0.25, 0.3) is 0 Å². The third-order valence-corrected chi connectivity index (χ3v) is 0.693.